The van der Waals surface area contributed by atoms with E-state index in [2.05, 4.69) is 35.9 Å². The van der Waals surface area contributed by atoms with Crippen LogP contribution in [0.1, 0.15) is 28.4 Å². The van der Waals surface area contributed by atoms with Gasteiger partial charge in [0.1, 0.15) is 10.7 Å². The summed E-state index contributed by atoms with van der Waals surface area (Å²) in [5, 5.41) is 1.46. The van der Waals surface area contributed by atoms with Crippen LogP contribution >= 0.6 is 39.0 Å². The molecule has 1 unspecified atom stereocenters. The standard InChI is InChI=1S/C19H17BrN4OS2/c1-9-10(2)26-18-15(9)17(25)23-16(24-18)11(3)27-19-21-8-14(22-19)12-4-6-13(20)7-5-12/h4-8,11H,1-3H3,(H,21,22)(H,23,24,25). The summed E-state index contributed by atoms with van der Waals surface area (Å²) >= 11 is 6.55. The Morgan fingerprint density at radius 3 is 2.67 bits per heavy atom. The Labute approximate surface area is 172 Å². The number of aromatic amines is 2. The van der Waals surface area contributed by atoms with Gasteiger partial charge in [-0.1, -0.05) is 39.8 Å². The van der Waals surface area contributed by atoms with Crippen molar-refractivity contribution < 1.29 is 0 Å². The largest absolute Gasteiger partial charge is 0.333 e. The van der Waals surface area contributed by atoms with Gasteiger partial charge in [0.05, 0.1) is 22.5 Å². The number of thioether (sulfide) groups is 1. The van der Waals surface area contributed by atoms with Crippen molar-refractivity contribution in [1.82, 2.24) is 19.9 Å². The zero-order valence-electron chi connectivity index (χ0n) is 15.0. The lowest BCUT2D eigenvalue weighted by Crippen LogP contribution is -2.12. The third-order valence-corrected chi connectivity index (χ3v) is 7.08. The van der Waals surface area contributed by atoms with E-state index in [9.17, 15) is 4.79 Å². The number of nitrogens with one attached hydrogen (secondary N) is 2. The highest BCUT2D eigenvalue weighted by Gasteiger charge is 2.17. The van der Waals surface area contributed by atoms with Crippen molar-refractivity contribution >= 4 is 49.2 Å². The number of H-pyrrole nitrogens is 2. The molecule has 1 aromatic carbocycles. The van der Waals surface area contributed by atoms with Crippen molar-refractivity contribution in [2.75, 3.05) is 0 Å². The van der Waals surface area contributed by atoms with Gasteiger partial charge in [-0.15, -0.1) is 11.3 Å². The average molecular weight is 461 g/mol. The Kier molecular flexibility index (Phi) is 4.96. The molecular weight excluding hydrogens is 444 g/mol. The van der Waals surface area contributed by atoms with E-state index in [1.165, 1.54) is 11.8 Å². The number of thiophene rings is 1. The number of fused-ring (bicyclic) bond motifs is 1. The van der Waals surface area contributed by atoms with Gasteiger partial charge in [0.2, 0.25) is 0 Å². The summed E-state index contributed by atoms with van der Waals surface area (Å²) in [5.74, 6) is 0.667. The molecule has 4 rings (SSSR count). The van der Waals surface area contributed by atoms with Crippen molar-refractivity contribution in [3.8, 4) is 11.3 Å². The summed E-state index contributed by atoms with van der Waals surface area (Å²) in [4.78, 5) is 29.8. The number of rotatable bonds is 4. The highest BCUT2D eigenvalue weighted by atomic mass is 79.9. The molecule has 5 nitrogen and oxygen atoms in total. The van der Waals surface area contributed by atoms with E-state index < -0.39 is 0 Å². The molecule has 0 spiro atoms. The molecule has 3 heterocycles. The smallest absolute Gasteiger partial charge is 0.259 e. The third-order valence-electron chi connectivity index (χ3n) is 4.44. The van der Waals surface area contributed by atoms with Crippen molar-refractivity contribution in [2.24, 2.45) is 0 Å². The second kappa shape index (κ2) is 7.26. The molecular formula is C19H17BrN4OS2. The minimum absolute atomic E-state index is 0.0336. The summed E-state index contributed by atoms with van der Waals surface area (Å²) in [6, 6.07) is 8.06. The van der Waals surface area contributed by atoms with Crippen LogP contribution in [0.15, 0.2) is 44.9 Å². The summed E-state index contributed by atoms with van der Waals surface area (Å²) in [6.07, 6.45) is 1.82. The van der Waals surface area contributed by atoms with Crippen LogP contribution in [0.5, 0.6) is 0 Å². The number of imidazole rings is 1. The van der Waals surface area contributed by atoms with Gasteiger partial charge < -0.3 is 9.97 Å². The first-order chi connectivity index (χ1) is 12.9. The van der Waals surface area contributed by atoms with Crippen LogP contribution in [0.3, 0.4) is 0 Å². The number of aromatic nitrogens is 4. The number of halogens is 1. The van der Waals surface area contributed by atoms with Crippen LogP contribution in [-0.4, -0.2) is 19.9 Å². The fourth-order valence-electron chi connectivity index (χ4n) is 2.83. The SMILES string of the molecule is Cc1sc2nc(C(C)Sc3ncc(-c4ccc(Br)cc4)[nH]3)[nH]c(=O)c2c1C. The van der Waals surface area contributed by atoms with Gasteiger partial charge in [-0.3, -0.25) is 4.79 Å². The zero-order chi connectivity index (χ0) is 19.1. The Hall–Kier alpha value is -1.90. The second-order valence-corrected chi connectivity index (χ2v) is 9.73. The van der Waals surface area contributed by atoms with Crippen LogP contribution in [0.2, 0.25) is 0 Å². The van der Waals surface area contributed by atoms with Gasteiger partial charge >= 0.3 is 0 Å². The minimum Gasteiger partial charge on any atom is -0.333 e. The molecule has 8 heteroatoms. The van der Waals surface area contributed by atoms with E-state index in [-0.39, 0.29) is 10.8 Å². The van der Waals surface area contributed by atoms with E-state index in [0.29, 0.717) is 11.2 Å². The van der Waals surface area contributed by atoms with Crippen molar-refractivity contribution in [2.45, 2.75) is 31.2 Å². The molecule has 1 atom stereocenters. The summed E-state index contributed by atoms with van der Waals surface area (Å²) in [5.41, 5.74) is 2.97. The normalized spacial score (nSPS) is 12.6. The molecule has 0 amide bonds. The fourth-order valence-corrected chi connectivity index (χ4v) is 4.97. The van der Waals surface area contributed by atoms with Gasteiger partial charge in [-0.2, -0.15) is 0 Å². The molecule has 27 heavy (non-hydrogen) atoms. The lowest BCUT2D eigenvalue weighted by atomic mass is 10.2. The first kappa shape index (κ1) is 18.5. The Balaban J connectivity index is 1.59. The van der Waals surface area contributed by atoms with Crippen LogP contribution in [0.25, 0.3) is 21.5 Å². The molecule has 138 valence electrons. The van der Waals surface area contributed by atoms with Gasteiger partial charge in [0.15, 0.2) is 5.16 Å². The number of benzene rings is 1. The summed E-state index contributed by atoms with van der Waals surface area (Å²) in [7, 11) is 0. The topological polar surface area (TPSA) is 74.4 Å². The van der Waals surface area contributed by atoms with Crippen molar-refractivity contribution in [3.05, 3.63) is 61.6 Å². The Morgan fingerprint density at radius 1 is 1.19 bits per heavy atom. The number of hydrogen-bond donors (Lipinski definition) is 2. The Bertz CT molecular complexity index is 1180. The minimum atomic E-state index is -0.0701. The molecule has 2 N–H and O–H groups in total. The lowest BCUT2D eigenvalue weighted by Gasteiger charge is -2.08. The predicted molar refractivity (Wildman–Crippen MR) is 116 cm³/mol. The van der Waals surface area contributed by atoms with Gasteiger partial charge in [-0.05, 0) is 44.0 Å². The molecule has 0 fully saturated rings. The number of hydrogen-bond acceptors (Lipinski definition) is 5. The van der Waals surface area contributed by atoms with Gasteiger partial charge in [0.25, 0.3) is 5.56 Å². The van der Waals surface area contributed by atoms with Crippen LogP contribution in [-0.2, 0) is 0 Å². The average Bonchev–Trinajstić information content (AvgIpc) is 3.20. The highest BCUT2D eigenvalue weighted by Crippen LogP contribution is 2.34. The molecule has 3 aromatic heterocycles. The first-order valence-corrected chi connectivity index (χ1v) is 10.9. The summed E-state index contributed by atoms with van der Waals surface area (Å²) in [6.45, 7) is 6.00. The molecule has 4 aromatic rings. The zero-order valence-corrected chi connectivity index (χ0v) is 18.2. The highest BCUT2D eigenvalue weighted by molar-refractivity contribution is 9.10. The number of nitrogens with zero attached hydrogens (tertiary/aromatic N) is 2. The van der Waals surface area contributed by atoms with E-state index >= 15 is 0 Å². The van der Waals surface area contributed by atoms with Crippen LogP contribution in [0, 0.1) is 13.8 Å². The molecule has 0 saturated heterocycles. The maximum atomic E-state index is 12.5. The third kappa shape index (κ3) is 3.61. The predicted octanol–water partition coefficient (Wildman–Crippen LogP) is 5.61. The molecule has 0 radical (unpaired) electrons. The van der Waals surface area contributed by atoms with Crippen molar-refractivity contribution in [1.29, 1.82) is 0 Å². The van der Waals surface area contributed by atoms with Crippen LogP contribution < -0.4 is 5.56 Å². The molecule has 0 aliphatic heterocycles. The lowest BCUT2D eigenvalue weighted by molar-refractivity contribution is 0.915. The van der Waals surface area contributed by atoms with Crippen molar-refractivity contribution in [3.63, 3.8) is 0 Å². The molecule has 0 saturated carbocycles. The maximum Gasteiger partial charge on any atom is 0.259 e. The monoisotopic (exact) mass is 460 g/mol. The van der Waals surface area contributed by atoms with Crippen LogP contribution in [0.4, 0.5) is 0 Å². The number of aryl methyl sites for hydroxylation is 2. The second-order valence-electron chi connectivity index (χ2n) is 6.28. The summed E-state index contributed by atoms with van der Waals surface area (Å²) < 4.78 is 1.04. The van der Waals surface area contributed by atoms with E-state index in [1.807, 2.05) is 51.2 Å². The van der Waals surface area contributed by atoms with Gasteiger partial charge in [-0.25, -0.2) is 9.97 Å². The van der Waals surface area contributed by atoms with E-state index in [0.717, 1.165) is 36.2 Å². The molecule has 0 aliphatic carbocycles. The van der Waals surface area contributed by atoms with Gasteiger partial charge in [0, 0.05) is 9.35 Å². The Morgan fingerprint density at radius 2 is 1.93 bits per heavy atom. The fraction of sp³-hybridized carbons (Fsp3) is 0.211. The maximum absolute atomic E-state index is 12.5. The van der Waals surface area contributed by atoms with E-state index in [1.54, 1.807) is 11.3 Å². The molecule has 0 bridgehead atoms. The molecule has 0 aliphatic rings. The quantitative estimate of drug-likeness (QED) is 0.388. The van der Waals surface area contributed by atoms with E-state index in [4.69, 9.17) is 0 Å². The first-order valence-electron chi connectivity index (χ1n) is 8.40.